The van der Waals surface area contributed by atoms with E-state index < -0.39 is 5.60 Å². The van der Waals surface area contributed by atoms with Crippen molar-refractivity contribution in [3.8, 4) is 6.07 Å². The van der Waals surface area contributed by atoms with Gasteiger partial charge in [0.2, 0.25) is 0 Å². The van der Waals surface area contributed by atoms with Gasteiger partial charge in [0.05, 0.1) is 17.6 Å². The molecule has 0 aromatic carbocycles. The van der Waals surface area contributed by atoms with E-state index in [0.717, 1.165) is 31.6 Å². The molecule has 3 unspecified atom stereocenters. The quantitative estimate of drug-likeness (QED) is 0.710. The minimum Gasteiger partial charge on any atom is -0.389 e. The van der Waals surface area contributed by atoms with Crippen LogP contribution in [0.15, 0.2) is 0 Å². The summed E-state index contributed by atoms with van der Waals surface area (Å²) >= 11 is 0. The summed E-state index contributed by atoms with van der Waals surface area (Å²) in [6.07, 6.45) is 4.93. The molecule has 1 aliphatic rings. The van der Waals surface area contributed by atoms with Crippen molar-refractivity contribution in [2.45, 2.75) is 58.5 Å². The van der Waals surface area contributed by atoms with Gasteiger partial charge in [0, 0.05) is 0 Å². The standard InChI is InChI=1S/C13H23NO/c1-10(2)12-5-4-7-13(15,8-6-12)11(3)9-14/h10-12,15H,4-8H2,1-3H3. The molecule has 0 spiro atoms. The Morgan fingerprint density at radius 2 is 1.93 bits per heavy atom. The van der Waals surface area contributed by atoms with Crippen LogP contribution in [0.25, 0.3) is 0 Å². The first kappa shape index (κ1) is 12.5. The van der Waals surface area contributed by atoms with E-state index in [4.69, 9.17) is 5.26 Å². The van der Waals surface area contributed by atoms with Crippen molar-refractivity contribution in [3.63, 3.8) is 0 Å². The van der Waals surface area contributed by atoms with E-state index in [9.17, 15) is 5.11 Å². The third-order valence-electron chi connectivity index (χ3n) is 4.08. The lowest BCUT2D eigenvalue weighted by atomic mass is 9.82. The van der Waals surface area contributed by atoms with Crippen LogP contribution >= 0.6 is 0 Å². The predicted molar refractivity (Wildman–Crippen MR) is 61.1 cm³/mol. The van der Waals surface area contributed by atoms with Crippen LogP contribution in [0, 0.1) is 29.1 Å². The molecule has 0 saturated heterocycles. The summed E-state index contributed by atoms with van der Waals surface area (Å²) in [6, 6.07) is 2.20. The van der Waals surface area contributed by atoms with Crippen LogP contribution < -0.4 is 0 Å². The lowest BCUT2D eigenvalue weighted by Gasteiger charge is -2.29. The summed E-state index contributed by atoms with van der Waals surface area (Å²) in [7, 11) is 0. The van der Waals surface area contributed by atoms with Gasteiger partial charge < -0.3 is 5.11 Å². The first-order chi connectivity index (χ1) is 6.99. The maximum Gasteiger partial charge on any atom is 0.0802 e. The zero-order chi connectivity index (χ0) is 11.5. The molecule has 0 aliphatic heterocycles. The Bertz CT molecular complexity index is 243. The number of rotatable bonds is 2. The minimum absolute atomic E-state index is 0.233. The average Bonchev–Trinajstić information content (AvgIpc) is 2.40. The van der Waals surface area contributed by atoms with Crippen LogP contribution in [-0.4, -0.2) is 10.7 Å². The number of hydrogen-bond acceptors (Lipinski definition) is 2. The molecule has 2 heteroatoms. The first-order valence-electron chi connectivity index (χ1n) is 6.11. The lowest BCUT2D eigenvalue weighted by molar-refractivity contribution is -0.00735. The van der Waals surface area contributed by atoms with Crippen LogP contribution in [0.5, 0.6) is 0 Å². The molecule has 86 valence electrons. The molecule has 1 saturated carbocycles. The number of nitrogens with zero attached hydrogens (tertiary/aromatic N) is 1. The minimum atomic E-state index is -0.724. The van der Waals surface area contributed by atoms with E-state index in [1.165, 1.54) is 6.42 Å². The highest BCUT2D eigenvalue weighted by atomic mass is 16.3. The molecule has 15 heavy (non-hydrogen) atoms. The van der Waals surface area contributed by atoms with Crippen LogP contribution in [0.4, 0.5) is 0 Å². The molecule has 1 N–H and O–H groups in total. The molecule has 1 rings (SSSR count). The van der Waals surface area contributed by atoms with Crippen LogP contribution in [-0.2, 0) is 0 Å². The fourth-order valence-corrected chi connectivity index (χ4v) is 2.59. The Morgan fingerprint density at radius 3 is 2.47 bits per heavy atom. The first-order valence-corrected chi connectivity index (χ1v) is 6.11. The van der Waals surface area contributed by atoms with Crippen molar-refractivity contribution >= 4 is 0 Å². The average molecular weight is 209 g/mol. The van der Waals surface area contributed by atoms with E-state index in [0.29, 0.717) is 5.92 Å². The molecular formula is C13H23NO. The van der Waals surface area contributed by atoms with E-state index >= 15 is 0 Å². The highest BCUT2D eigenvalue weighted by Crippen LogP contribution is 2.37. The summed E-state index contributed by atoms with van der Waals surface area (Å²) in [6.45, 7) is 6.35. The van der Waals surface area contributed by atoms with Crippen molar-refractivity contribution in [2.24, 2.45) is 17.8 Å². The molecule has 0 radical (unpaired) electrons. The van der Waals surface area contributed by atoms with E-state index in [1.54, 1.807) is 0 Å². The molecule has 0 amide bonds. The van der Waals surface area contributed by atoms with Gasteiger partial charge in [-0.1, -0.05) is 26.7 Å². The van der Waals surface area contributed by atoms with Gasteiger partial charge in [-0.05, 0) is 38.0 Å². The molecule has 0 heterocycles. The summed E-state index contributed by atoms with van der Waals surface area (Å²) in [5, 5.41) is 19.3. The van der Waals surface area contributed by atoms with Gasteiger partial charge in [0.15, 0.2) is 0 Å². The van der Waals surface area contributed by atoms with Crippen molar-refractivity contribution in [1.82, 2.24) is 0 Å². The van der Waals surface area contributed by atoms with Gasteiger partial charge in [-0.15, -0.1) is 0 Å². The van der Waals surface area contributed by atoms with Crippen molar-refractivity contribution < 1.29 is 5.11 Å². The largest absolute Gasteiger partial charge is 0.389 e. The highest BCUT2D eigenvalue weighted by Gasteiger charge is 2.36. The predicted octanol–water partition coefficient (Wildman–Crippen LogP) is 3.11. The van der Waals surface area contributed by atoms with E-state index in [2.05, 4.69) is 19.9 Å². The summed E-state index contributed by atoms with van der Waals surface area (Å²) in [5.74, 6) is 1.19. The zero-order valence-corrected chi connectivity index (χ0v) is 10.2. The van der Waals surface area contributed by atoms with Gasteiger partial charge in [0.25, 0.3) is 0 Å². The SMILES string of the molecule is CC(C)C1CCCC(O)(C(C)C#N)CC1. The van der Waals surface area contributed by atoms with Gasteiger partial charge in [0.1, 0.15) is 0 Å². The maximum atomic E-state index is 10.4. The summed E-state index contributed by atoms with van der Waals surface area (Å²) in [4.78, 5) is 0. The molecule has 1 fully saturated rings. The Balaban J connectivity index is 2.63. The van der Waals surface area contributed by atoms with Gasteiger partial charge in [-0.25, -0.2) is 0 Å². The van der Waals surface area contributed by atoms with Crippen LogP contribution in [0.2, 0.25) is 0 Å². The van der Waals surface area contributed by atoms with Crippen molar-refractivity contribution in [2.75, 3.05) is 0 Å². The third kappa shape index (κ3) is 2.95. The summed E-state index contributed by atoms with van der Waals surface area (Å²) in [5.41, 5.74) is -0.724. The second kappa shape index (κ2) is 4.99. The van der Waals surface area contributed by atoms with Crippen molar-refractivity contribution in [3.05, 3.63) is 0 Å². The number of hydrogen-bond donors (Lipinski definition) is 1. The topological polar surface area (TPSA) is 44.0 Å². The Labute approximate surface area is 93.3 Å². The smallest absolute Gasteiger partial charge is 0.0802 e. The monoisotopic (exact) mass is 209 g/mol. The Hall–Kier alpha value is -0.550. The van der Waals surface area contributed by atoms with Crippen molar-refractivity contribution in [1.29, 1.82) is 5.26 Å². The molecule has 0 aromatic heterocycles. The number of aliphatic hydroxyl groups is 1. The zero-order valence-electron chi connectivity index (χ0n) is 10.2. The molecule has 3 atom stereocenters. The third-order valence-corrected chi connectivity index (χ3v) is 4.08. The molecular weight excluding hydrogens is 186 g/mol. The molecule has 0 aromatic rings. The second-order valence-electron chi connectivity index (χ2n) is 5.39. The second-order valence-corrected chi connectivity index (χ2v) is 5.39. The van der Waals surface area contributed by atoms with Crippen LogP contribution in [0.1, 0.15) is 52.9 Å². The van der Waals surface area contributed by atoms with Crippen LogP contribution in [0.3, 0.4) is 0 Å². The van der Waals surface area contributed by atoms with E-state index in [1.807, 2.05) is 6.92 Å². The fourth-order valence-electron chi connectivity index (χ4n) is 2.59. The highest BCUT2D eigenvalue weighted by molar-refractivity contribution is 4.97. The molecule has 2 nitrogen and oxygen atoms in total. The normalized spacial score (nSPS) is 34.5. The van der Waals surface area contributed by atoms with Gasteiger partial charge >= 0.3 is 0 Å². The Morgan fingerprint density at radius 1 is 1.27 bits per heavy atom. The lowest BCUT2D eigenvalue weighted by Crippen LogP contribution is -2.35. The fraction of sp³-hybridized carbons (Fsp3) is 0.923. The molecule has 0 bridgehead atoms. The Kier molecular flexibility index (Phi) is 4.16. The number of nitriles is 1. The molecule has 1 aliphatic carbocycles. The van der Waals surface area contributed by atoms with Gasteiger partial charge in [-0.3, -0.25) is 0 Å². The van der Waals surface area contributed by atoms with Gasteiger partial charge in [-0.2, -0.15) is 5.26 Å². The van der Waals surface area contributed by atoms with E-state index in [-0.39, 0.29) is 5.92 Å². The summed E-state index contributed by atoms with van der Waals surface area (Å²) < 4.78 is 0. The maximum absolute atomic E-state index is 10.4.